The Morgan fingerprint density at radius 2 is 1.81 bits per heavy atom. The molecule has 0 aliphatic carbocycles. The van der Waals surface area contributed by atoms with Gasteiger partial charge >= 0.3 is 0 Å². The average molecular weight is 362 g/mol. The molecule has 6 heteroatoms. The van der Waals surface area contributed by atoms with Crippen LogP contribution in [0.3, 0.4) is 0 Å². The summed E-state index contributed by atoms with van der Waals surface area (Å²) in [6.45, 7) is 1.99. The predicted molar refractivity (Wildman–Crippen MR) is 104 cm³/mol. The standard InChI is InChI=1S/C20H18N4OS/c1-14-19(16-10-6-7-11-17(16)23(14)2)18(25)12-26-20-21-13-24(22-20)15-8-4-3-5-9-15/h3-11,13H,12H2,1-2H3. The normalized spacial score (nSPS) is 11.2. The van der Waals surface area contributed by atoms with E-state index < -0.39 is 0 Å². The van der Waals surface area contributed by atoms with Gasteiger partial charge in [-0.1, -0.05) is 48.2 Å². The zero-order valence-corrected chi connectivity index (χ0v) is 15.4. The van der Waals surface area contributed by atoms with E-state index in [0.29, 0.717) is 10.9 Å². The lowest BCUT2D eigenvalue weighted by molar-refractivity contribution is 0.102. The molecule has 26 heavy (non-hydrogen) atoms. The van der Waals surface area contributed by atoms with Crippen molar-refractivity contribution in [2.24, 2.45) is 7.05 Å². The SMILES string of the molecule is Cc1c(C(=O)CSc2ncn(-c3ccccc3)n2)c2ccccc2n1C. The summed E-state index contributed by atoms with van der Waals surface area (Å²) in [6, 6.07) is 17.8. The van der Waals surface area contributed by atoms with E-state index in [1.165, 1.54) is 11.8 Å². The average Bonchev–Trinajstić information content (AvgIpc) is 3.25. The van der Waals surface area contributed by atoms with E-state index in [1.54, 1.807) is 11.0 Å². The Morgan fingerprint density at radius 1 is 1.08 bits per heavy atom. The van der Waals surface area contributed by atoms with Crippen LogP contribution in [0, 0.1) is 6.92 Å². The monoisotopic (exact) mass is 362 g/mol. The first-order chi connectivity index (χ1) is 12.6. The lowest BCUT2D eigenvalue weighted by Crippen LogP contribution is -2.05. The minimum Gasteiger partial charge on any atom is -0.347 e. The molecule has 2 aromatic carbocycles. The third-order valence-corrected chi connectivity index (χ3v) is 5.35. The molecule has 0 atom stereocenters. The van der Waals surface area contributed by atoms with Crippen molar-refractivity contribution in [3.63, 3.8) is 0 Å². The molecule has 4 rings (SSSR count). The summed E-state index contributed by atoms with van der Waals surface area (Å²) >= 11 is 1.36. The van der Waals surface area contributed by atoms with Crippen molar-refractivity contribution in [3.05, 3.63) is 72.2 Å². The van der Waals surface area contributed by atoms with Crippen molar-refractivity contribution in [2.45, 2.75) is 12.1 Å². The summed E-state index contributed by atoms with van der Waals surface area (Å²) < 4.78 is 3.78. The van der Waals surface area contributed by atoms with Crippen LogP contribution in [0.25, 0.3) is 16.6 Å². The number of hydrogen-bond acceptors (Lipinski definition) is 4. The van der Waals surface area contributed by atoms with Crippen molar-refractivity contribution in [1.29, 1.82) is 0 Å². The molecule has 0 N–H and O–H groups in total. The maximum atomic E-state index is 12.8. The number of carbonyl (C=O) groups excluding carboxylic acids is 1. The summed E-state index contributed by atoms with van der Waals surface area (Å²) in [4.78, 5) is 17.2. The van der Waals surface area contributed by atoms with E-state index in [1.807, 2.05) is 68.6 Å². The van der Waals surface area contributed by atoms with Crippen molar-refractivity contribution in [1.82, 2.24) is 19.3 Å². The lowest BCUT2D eigenvalue weighted by atomic mass is 10.1. The second-order valence-corrected chi connectivity index (χ2v) is 7.00. The molecule has 5 nitrogen and oxygen atoms in total. The molecular weight excluding hydrogens is 344 g/mol. The summed E-state index contributed by atoms with van der Waals surface area (Å²) in [5.41, 5.74) is 3.80. The highest BCUT2D eigenvalue weighted by Gasteiger charge is 2.18. The van der Waals surface area contributed by atoms with Gasteiger partial charge in [0.05, 0.1) is 11.4 Å². The maximum absolute atomic E-state index is 12.8. The van der Waals surface area contributed by atoms with Crippen molar-refractivity contribution in [2.75, 3.05) is 5.75 Å². The number of Topliss-reactive ketones (excluding diaryl/α,β-unsaturated/α-hetero) is 1. The topological polar surface area (TPSA) is 52.7 Å². The van der Waals surface area contributed by atoms with Crippen LogP contribution >= 0.6 is 11.8 Å². The molecule has 0 fully saturated rings. The van der Waals surface area contributed by atoms with Crippen LogP contribution in [0.2, 0.25) is 0 Å². The van der Waals surface area contributed by atoms with E-state index in [9.17, 15) is 4.79 Å². The molecule has 0 unspecified atom stereocenters. The highest BCUT2D eigenvalue weighted by atomic mass is 32.2. The Kier molecular flexibility index (Phi) is 4.34. The molecule has 0 bridgehead atoms. The molecule has 4 aromatic rings. The summed E-state index contributed by atoms with van der Waals surface area (Å²) in [6.07, 6.45) is 1.67. The summed E-state index contributed by atoms with van der Waals surface area (Å²) in [7, 11) is 1.99. The number of para-hydroxylation sites is 2. The molecule has 0 radical (unpaired) electrons. The fraction of sp³-hybridized carbons (Fsp3) is 0.150. The molecule has 0 spiro atoms. The molecule has 0 amide bonds. The Hall–Kier alpha value is -2.86. The number of benzene rings is 2. The molecule has 0 aliphatic rings. The van der Waals surface area contributed by atoms with Crippen molar-refractivity contribution < 1.29 is 4.79 Å². The van der Waals surface area contributed by atoms with E-state index in [2.05, 4.69) is 14.6 Å². The smallest absolute Gasteiger partial charge is 0.209 e. The summed E-state index contributed by atoms with van der Waals surface area (Å²) in [5.74, 6) is 0.411. The van der Waals surface area contributed by atoms with Crippen LogP contribution in [0.5, 0.6) is 0 Å². The number of ketones is 1. The highest BCUT2D eigenvalue weighted by Crippen LogP contribution is 2.27. The van der Waals surface area contributed by atoms with Crippen LogP contribution in [-0.2, 0) is 7.05 Å². The van der Waals surface area contributed by atoms with Gasteiger partial charge < -0.3 is 4.57 Å². The molecular formula is C20H18N4OS. The fourth-order valence-corrected chi connectivity index (χ4v) is 3.77. The zero-order valence-electron chi connectivity index (χ0n) is 14.6. The number of fused-ring (bicyclic) bond motifs is 1. The first kappa shape index (κ1) is 16.6. The van der Waals surface area contributed by atoms with Crippen molar-refractivity contribution >= 4 is 28.4 Å². The Balaban J connectivity index is 1.54. The largest absolute Gasteiger partial charge is 0.347 e. The zero-order chi connectivity index (χ0) is 18.1. The lowest BCUT2D eigenvalue weighted by Gasteiger charge is -2.01. The first-order valence-corrected chi connectivity index (χ1v) is 9.31. The molecule has 2 aromatic heterocycles. The highest BCUT2D eigenvalue weighted by molar-refractivity contribution is 7.99. The number of rotatable bonds is 5. The van der Waals surface area contributed by atoms with Gasteiger partial charge in [-0.05, 0) is 25.1 Å². The number of aryl methyl sites for hydroxylation is 1. The van der Waals surface area contributed by atoms with E-state index >= 15 is 0 Å². The number of aromatic nitrogens is 4. The van der Waals surface area contributed by atoms with Gasteiger partial charge in [-0.3, -0.25) is 4.79 Å². The van der Waals surface area contributed by atoms with E-state index in [4.69, 9.17) is 0 Å². The minimum atomic E-state index is 0.0976. The van der Waals surface area contributed by atoms with E-state index in [0.717, 1.165) is 27.8 Å². The first-order valence-electron chi connectivity index (χ1n) is 8.32. The van der Waals surface area contributed by atoms with Gasteiger partial charge in [0, 0.05) is 29.2 Å². The minimum absolute atomic E-state index is 0.0976. The number of nitrogens with zero attached hydrogens (tertiary/aromatic N) is 4. The van der Waals surface area contributed by atoms with Crippen LogP contribution in [0.1, 0.15) is 16.1 Å². The summed E-state index contributed by atoms with van der Waals surface area (Å²) in [5, 5.41) is 6.05. The Morgan fingerprint density at radius 3 is 2.62 bits per heavy atom. The number of carbonyl (C=O) groups is 1. The van der Waals surface area contributed by atoms with E-state index in [-0.39, 0.29) is 5.78 Å². The van der Waals surface area contributed by atoms with Crippen LogP contribution in [-0.4, -0.2) is 30.9 Å². The third kappa shape index (κ3) is 2.93. The van der Waals surface area contributed by atoms with Gasteiger partial charge in [0.25, 0.3) is 0 Å². The second kappa shape index (κ2) is 6.80. The van der Waals surface area contributed by atoms with Gasteiger partial charge in [-0.25, -0.2) is 9.67 Å². The van der Waals surface area contributed by atoms with Crippen molar-refractivity contribution in [3.8, 4) is 5.69 Å². The van der Waals surface area contributed by atoms with Gasteiger partial charge in [0.1, 0.15) is 6.33 Å². The second-order valence-electron chi connectivity index (χ2n) is 6.06. The van der Waals surface area contributed by atoms with Gasteiger partial charge in [0.2, 0.25) is 5.16 Å². The predicted octanol–water partition coefficient (Wildman–Crippen LogP) is 4.04. The van der Waals surface area contributed by atoms with Gasteiger partial charge in [-0.2, -0.15) is 0 Å². The maximum Gasteiger partial charge on any atom is 0.209 e. The Labute approximate surface area is 155 Å². The molecule has 2 heterocycles. The quantitative estimate of drug-likeness (QED) is 0.397. The fourth-order valence-electron chi connectivity index (χ4n) is 3.09. The van der Waals surface area contributed by atoms with Crippen LogP contribution in [0.15, 0.2) is 66.1 Å². The number of hydrogen-bond donors (Lipinski definition) is 0. The Bertz CT molecular complexity index is 1080. The number of thioether (sulfide) groups is 1. The van der Waals surface area contributed by atoms with Gasteiger partial charge in [-0.15, -0.1) is 5.10 Å². The molecule has 130 valence electrons. The molecule has 0 saturated carbocycles. The molecule has 0 aliphatic heterocycles. The molecule has 0 saturated heterocycles. The van der Waals surface area contributed by atoms with Gasteiger partial charge in [0.15, 0.2) is 5.78 Å². The van der Waals surface area contributed by atoms with Crippen LogP contribution < -0.4 is 0 Å². The van der Waals surface area contributed by atoms with Crippen LogP contribution in [0.4, 0.5) is 0 Å². The third-order valence-electron chi connectivity index (χ3n) is 4.50.